The smallest absolute Gasteiger partial charge is 0.306 e. The van der Waals surface area contributed by atoms with Crippen molar-refractivity contribution in [3.8, 4) is 0 Å². The van der Waals surface area contributed by atoms with Gasteiger partial charge in [0.1, 0.15) is 0 Å². The molecular formula is C8H9N2O2. The van der Waals surface area contributed by atoms with Crippen LogP contribution in [-0.4, -0.2) is 13.1 Å². The topological polar surface area (TPSA) is 50.4 Å². The van der Waals surface area contributed by atoms with Crippen LogP contribution in [0.5, 0.6) is 0 Å². The van der Waals surface area contributed by atoms with Gasteiger partial charge in [-0.2, -0.15) is 0 Å². The summed E-state index contributed by atoms with van der Waals surface area (Å²) >= 11 is 0. The molecule has 0 heterocycles. The molecule has 4 heteroatoms. The normalized spacial score (nSPS) is 9.08. The Bertz CT molecular complexity index is 248. The molecule has 12 heavy (non-hydrogen) atoms. The first-order valence-corrected chi connectivity index (χ1v) is 3.39. The second kappa shape index (κ2) is 4.35. The predicted molar refractivity (Wildman–Crippen MR) is 44.4 cm³/mol. The van der Waals surface area contributed by atoms with E-state index in [1.54, 1.807) is 24.3 Å². The molecule has 0 atom stereocenters. The number of rotatable bonds is 2. The third-order valence-corrected chi connectivity index (χ3v) is 1.17. The van der Waals surface area contributed by atoms with Crippen molar-refractivity contribution in [1.29, 1.82) is 0 Å². The highest BCUT2D eigenvalue weighted by atomic mass is 16.6. The quantitative estimate of drug-likeness (QED) is 0.646. The highest BCUT2D eigenvalue weighted by Gasteiger charge is 1.97. The molecule has 4 nitrogen and oxygen atoms in total. The van der Waals surface area contributed by atoms with Crippen LogP contribution in [0.25, 0.3) is 0 Å². The first-order valence-electron chi connectivity index (χ1n) is 3.39. The first kappa shape index (κ1) is 8.55. The fourth-order valence-electron chi connectivity index (χ4n) is 0.720. The van der Waals surface area contributed by atoms with E-state index in [-0.39, 0.29) is 0 Å². The number of anilines is 1. The van der Waals surface area contributed by atoms with Crippen LogP contribution in [-0.2, 0) is 4.84 Å². The van der Waals surface area contributed by atoms with Gasteiger partial charge in [-0.25, -0.2) is 10.3 Å². The van der Waals surface area contributed by atoms with Crippen molar-refractivity contribution in [2.75, 3.05) is 12.4 Å². The molecule has 0 aliphatic carbocycles. The minimum Gasteiger partial charge on any atom is -0.306 e. The highest BCUT2D eigenvalue weighted by Crippen LogP contribution is 2.03. The summed E-state index contributed by atoms with van der Waals surface area (Å²) in [5, 5.41) is 2.55. The molecule has 0 saturated carbocycles. The lowest BCUT2D eigenvalue weighted by molar-refractivity contribution is 0.114. The lowest BCUT2D eigenvalue weighted by Crippen LogP contribution is -2.27. The molecule has 0 saturated heterocycles. The SMILES string of the molecule is CONC(=O)Nc1cc[c]cc1. The Labute approximate surface area is 70.5 Å². The third-order valence-electron chi connectivity index (χ3n) is 1.17. The average molecular weight is 165 g/mol. The molecule has 1 rings (SSSR count). The lowest BCUT2D eigenvalue weighted by Gasteiger charge is -2.03. The van der Waals surface area contributed by atoms with E-state index < -0.39 is 6.03 Å². The highest BCUT2D eigenvalue weighted by molar-refractivity contribution is 5.88. The molecule has 63 valence electrons. The molecule has 1 aromatic rings. The summed E-state index contributed by atoms with van der Waals surface area (Å²) in [5.41, 5.74) is 2.83. The van der Waals surface area contributed by atoms with E-state index in [1.165, 1.54) is 7.11 Å². The fourth-order valence-corrected chi connectivity index (χ4v) is 0.720. The van der Waals surface area contributed by atoms with Crippen LogP contribution in [0.2, 0.25) is 0 Å². The van der Waals surface area contributed by atoms with Gasteiger partial charge < -0.3 is 5.32 Å². The van der Waals surface area contributed by atoms with Gasteiger partial charge in [-0.05, 0) is 18.2 Å². The maximum Gasteiger partial charge on any atom is 0.343 e. The summed E-state index contributed by atoms with van der Waals surface area (Å²) in [7, 11) is 1.37. The molecular weight excluding hydrogens is 156 g/mol. The molecule has 1 aromatic carbocycles. The number of amides is 2. The molecule has 0 aromatic heterocycles. The van der Waals surface area contributed by atoms with Crippen molar-refractivity contribution in [2.45, 2.75) is 0 Å². The second-order valence-electron chi connectivity index (χ2n) is 2.05. The molecule has 2 N–H and O–H groups in total. The van der Waals surface area contributed by atoms with Crippen LogP contribution in [0, 0.1) is 6.07 Å². The molecule has 0 unspecified atom stereocenters. The Hall–Kier alpha value is -1.55. The van der Waals surface area contributed by atoms with Crippen LogP contribution in [0.4, 0.5) is 10.5 Å². The number of carbonyl (C=O) groups is 1. The molecule has 0 fully saturated rings. The fraction of sp³-hybridized carbons (Fsp3) is 0.125. The first-order chi connectivity index (χ1) is 5.83. The van der Waals surface area contributed by atoms with Gasteiger partial charge in [0, 0.05) is 5.69 Å². The maximum absolute atomic E-state index is 10.9. The number of nitrogens with one attached hydrogen (secondary N) is 2. The number of benzene rings is 1. The Morgan fingerprint density at radius 2 is 2.17 bits per heavy atom. The zero-order valence-corrected chi connectivity index (χ0v) is 6.63. The predicted octanol–water partition coefficient (Wildman–Crippen LogP) is 1.17. The van der Waals surface area contributed by atoms with E-state index in [2.05, 4.69) is 21.7 Å². The number of carbonyl (C=O) groups excluding carboxylic acids is 1. The van der Waals surface area contributed by atoms with Gasteiger partial charge in [-0.1, -0.05) is 12.1 Å². The number of hydrogen-bond acceptors (Lipinski definition) is 2. The van der Waals surface area contributed by atoms with Gasteiger partial charge in [0.25, 0.3) is 0 Å². The van der Waals surface area contributed by atoms with E-state index >= 15 is 0 Å². The van der Waals surface area contributed by atoms with Crippen molar-refractivity contribution >= 4 is 11.7 Å². The van der Waals surface area contributed by atoms with E-state index in [0.29, 0.717) is 5.69 Å². The number of hydroxylamine groups is 1. The second-order valence-corrected chi connectivity index (χ2v) is 2.05. The summed E-state index contributed by atoms with van der Waals surface area (Å²) in [6.45, 7) is 0. The zero-order valence-electron chi connectivity index (χ0n) is 6.63. The molecule has 0 spiro atoms. The summed E-state index contributed by atoms with van der Waals surface area (Å²) < 4.78 is 0. The van der Waals surface area contributed by atoms with Gasteiger partial charge in [0.15, 0.2) is 0 Å². The van der Waals surface area contributed by atoms with Crippen LogP contribution < -0.4 is 10.8 Å². The van der Waals surface area contributed by atoms with E-state index in [4.69, 9.17) is 0 Å². The lowest BCUT2D eigenvalue weighted by atomic mass is 10.3. The van der Waals surface area contributed by atoms with Crippen molar-refractivity contribution in [1.82, 2.24) is 5.48 Å². The Balaban J connectivity index is 2.47. The zero-order chi connectivity index (χ0) is 8.81. The summed E-state index contributed by atoms with van der Waals surface area (Å²) in [6.07, 6.45) is 0. The van der Waals surface area contributed by atoms with Gasteiger partial charge in [-0.15, -0.1) is 0 Å². The average Bonchev–Trinajstić information content (AvgIpc) is 2.06. The summed E-state index contributed by atoms with van der Waals surface area (Å²) in [5.74, 6) is 0. The van der Waals surface area contributed by atoms with E-state index in [1.807, 2.05) is 0 Å². The third kappa shape index (κ3) is 2.59. The van der Waals surface area contributed by atoms with Crippen LogP contribution >= 0.6 is 0 Å². The van der Waals surface area contributed by atoms with Gasteiger partial charge in [0.05, 0.1) is 7.11 Å². The van der Waals surface area contributed by atoms with Crippen LogP contribution in [0.1, 0.15) is 0 Å². The minimum absolute atomic E-state index is 0.399. The van der Waals surface area contributed by atoms with Gasteiger partial charge in [-0.3, -0.25) is 4.84 Å². The van der Waals surface area contributed by atoms with E-state index in [9.17, 15) is 4.79 Å². The van der Waals surface area contributed by atoms with Crippen LogP contribution in [0.15, 0.2) is 24.3 Å². The molecule has 0 aliphatic heterocycles. The summed E-state index contributed by atoms with van der Waals surface area (Å²) in [4.78, 5) is 15.3. The summed E-state index contributed by atoms with van der Waals surface area (Å²) in [6, 6.07) is 9.32. The number of hydrogen-bond donors (Lipinski definition) is 2. The van der Waals surface area contributed by atoms with Crippen molar-refractivity contribution in [3.63, 3.8) is 0 Å². The Morgan fingerprint density at radius 1 is 1.50 bits per heavy atom. The Morgan fingerprint density at radius 3 is 2.75 bits per heavy atom. The van der Waals surface area contributed by atoms with Gasteiger partial charge >= 0.3 is 6.03 Å². The monoisotopic (exact) mass is 165 g/mol. The maximum atomic E-state index is 10.9. The Kier molecular flexibility index (Phi) is 3.10. The largest absolute Gasteiger partial charge is 0.343 e. The molecule has 2 amide bonds. The molecule has 1 radical (unpaired) electrons. The minimum atomic E-state index is -0.399. The van der Waals surface area contributed by atoms with Gasteiger partial charge in [0.2, 0.25) is 0 Å². The molecule has 0 bridgehead atoms. The molecule has 0 aliphatic rings. The standard InChI is InChI=1S/C8H9N2O2/c1-12-10-8(11)9-7-5-3-2-4-6-7/h3-6H,1H3,(H2,9,10,11). The van der Waals surface area contributed by atoms with Crippen molar-refractivity contribution in [2.24, 2.45) is 0 Å². The van der Waals surface area contributed by atoms with Crippen molar-refractivity contribution < 1.29 is 9.63 Å². The number of urea groups is 1. The van der Waals surface area contributed by atoms with Crippen LogP contribution in [0.3, 0.4) is 0 Å². The van der Waals surface area contributed by atoms with E-state index in [0.717, 1.165) is 0 Å². The van der Waals surface area contributed by atoms with Crippen molar-refractivity contribution in [3.05, 3.63) is 30.3 Å².